The molecule has 0 aromatic heterocycles. The van der Waals surface area contributed by atoms with Crippen molar-refractivity contribution in [1.29, 1.82) is 0 Å². The summed E-state index contributed by atoms with van der Waals surface area (Å²) in [6.07, 6.45) is 2.20. The highest BCUT2D eigenvalue weighted by Gasteiger charge is 2.32. The molecule has 1 fully saturated rings. The molecule has 0 bridgehead atoms. The average molecular weight is 294 g/mol. The normalized spacial score (nSPS) is 24.3. The van der Waals surface area contributed by atoms with Crippen molar-refractivity contribution in [2.75, 3.05) is 23.4 Å². The van der Waals surface area contributed by atoms with Crippen LogP contribution in [0.3, 0.4) is 0 Å². The second-order valence-corrected chi connectivity index (χ2v) is 5.64. The Balaban J connectivity index is 1.89. The van der Waals surface area contributed by atoms with Crippen LogP contribution in [0.2, 0.25) is 0 Å². The third-order valence-electron chi connectivity index (χ3n) is 4.30. The van der Waals surface area contributed by atoms with Crippen LogP contribution in [-0.4, -0.2) is 35.3 Å². The van der Waals surface area contributed by atoms with E-state index in [1.54, 1.807) is 6.07 Å². The number of halogens is 1. The van der Waals surface area contributed by atoms with Gasteiger partial charge in [-0.05, 0) is 37.8 Å². The van der Waals surface area contributed by atoms with E-state index in [2.05, 4.69) is 5.32 Å². The van der Waals surface area contributed by atoms with Gasteiger partial charge in [0.25, 0.3) is 5.91 Å². The van der Waals surface area contributed by atoms with Crippen LogP contribution in [0, 0.1) is 5.82 Å². The number of fused-ring (bicyclic) bond motifs is 1. The lowest BCUT2D eigenvalue weighted by Gasteiger charge is -2.27. The second kappa shape index (κ2) is 5.61. The standard InChI is InChI=1S/C15H19FN2O3/c16-11-7-10-12(17-15(21)14(10)20)8-13(11)18-5-1-3-9(18)4-2-6-19/h7-9,14,19-20H,1-6H2,(H,17,21). The molecule has 1 saturated heterocycles. The van der Waals surface area contributed by atoms with Crippen LogP contribution < -0.4 is 10.2 Å². The van der Waals surface area contributed by atoms with Gasteiger partial charge in [0.05, 0.1) is 5.69 Å². The maximum absolute atomic E-state index is 14.4. The topological polar surface area (TPSA) is 72.8 Å². The SMILES string of the molecule is O=C1Nc2cc(N3CCCC3CCCO)c(F)cc2C1O. The van der Waals surface area contributed by atoms with Gasteiger partial charge in [-0.2, -0.15) is 0 Å². The molecule has 6 heteroatoms. The number of aliphatic hydroxyl groups excluding tert-OH is 2. The molecule has 0 aliphatic carbocycles. The molecule has 1 amide bonds. The molecule has 5 nitrogen and oxygen atoms in total. The number of carbonyl (C=O) groups excluding carboxylic acids is 1. The van der Waals surface area contributed by atoms with Crippen molar-refractivity contribution in [3.8, 4) is 0 Å². The van der Waals surface area contributed by atoms with E-state index in [0.29, 0.717) is 23.4 Å². The molecule has 0 saturated carbocycles. The Hall–Kier alpha value is -1.66. The molecule has 114 valence electrons. The number of nitrogens with one attached hydrogen (secondary N) is 1. The Morgan fingerprint density at radius 2 is 2.24 bits per heavy atom. The first-order chi connectivity index (χ1) is 10.1. The van der Waals surface area contributed by atoms with Gasteiger partial charge in [-0.15, -0.1) is 0 Å². The quantitative estimate of drug-likeness (QED) is 0.788. The van der Waals surface area contributed by atoms with E-state index in [-0.39, 0.29) is 12.6 Å². The van der Waals surface area contributed by atoms with Crippen molar-refractivity contribution in [2.24, 2.45) is 0 Å². The van der Waals surface area contributed by atoms with Gasteiger partial charge < -0.3 is 20.4 Å². The lowest BCUT2D eigenvalue weighted by molar-refractivity contribution is -0.123. The van der Waals surface area contributed by atoms with Crippen LogP contribution in [0.15, 0.2) is 12.1 Å². The summed E-state index contributed by atoms with van der Waals surface area (Å²) in [6.45, 7) is 0.904. The fourth-order valence-corrected chi connectivity index (χ4v) is 3.25. The predicted molar refractivity (Wildman–Crippen MR) is 76.7 cm³/mol. The van der Waals surface area contributed by atoms with Crippen molar-refractivity contribution in [3.05, 3.63) is 23.5 Å². The molecule has 3 rings (SSSR count). The summed E-state index contributed by atoms with van der Waals surface area (Å²) in [5, 5.41) is 21.2. The van der Waals surface area contributed by atoms with Gasteiger partial charge >= 0.3 is 0 Å². The van der Waals surface area contributed by atoms with Crippen molar-refractivity contribution in [2.45, 2.75) is 37.8 Å². The monoisotopic (exact) mass is 294 g/mol. The number of benzene rings is 1. The Kier molecular flexibility index (Phi) is 3.82. The zero-order valence-corrected chi connectivity index (χ0v) is 11.7. The van der Waals surface area contributed by atoms with Crippen LogP contribution in [0.1, 0.15) is 37.4 Å². The van der Waals surface area contributed by atoms with Gasteiger partial charge in [0.15, 0.2) is 6.10 Å². The number of carbonyl (C=O) groups is 1. The van der Waals surface area contributed by atoms with Crippen LogP contribution in [0.5, 0.6) is 0 Å². The van der Waals surface area contributed by atoms with Crippen molar-refractivity contribution < 1.29 is 19.4 Å². The number of rotatable bonds is 4. The number of nitrogens with zero attached hydrogens (tertiary/aromatic N) is 1. The first-order valence-electron chi connectivity index (χ1n) is 7.31. The smallest absolute Gasteiger partial charge is 0.257 e. The van der Waals surface area contributed by atoms with Crippen LogP contribution in [0.4, 0.5) is 15.8 Å². The summed E-state index contributed by atoms with van der Waals surface area (Å²) in [5.74, 6) is -0.931. The third-order valence-corrected chi connectivity index (χ3v) is 4.30. The van der Waals surface area contributed by atoms with Gasteiger partial charge in [-0.1, -0.05) is 0 Å². The van der Waals surface area contributed by atoms with E-state index >= 15 is 0 Å². The number of hydrogen-bond acceptors (Lipinski definition) is 4. The van der Waals surface area contributed by atoms with Crippen molar-refractivity contribution >= 4 is 17.3 Å². The minimum Gasteiger partial charge on any atom is -0.396 e. The highest BCUT2D eigenvalue weighted by molar-refractivity contribution is 6.02. The molecule has 2 aliphatic rings. The molecule has 2 aliphatic heterocycles. The van der Waals surface area contributed by atoms with Crippen LogP contribution in [-0.2, 0) is 4.79 Å². The summed E-state index contributed by atoms with van der Waals surface area (Å²) in [5.41, 5.74) is 1.24. The van der Waals surface area contributed by atoms with E-state index in [9.17, 15) is 14.3 Å². The first-order valence-corrected chi connectivity index (χ1v) is 7.31. The molecule has 1 aromatic carbocycles. The van der Waals surface area contributed by atoms with Crippen molar-refractivity contribution in [1.82, 2.24) is 0 Å². The lowest BCUT2D eigenvalue weighted by Crippen LogP contribution is -2.30. The Morgan fingerprint density at radius 3 is 3.00 bits per heavy atom. The van der Waals surface area contributed by atoms with E-state index in [4.69, 9.17) is 5.11 Å². The predicted octanol–water partition coefficient (Wildman–Crippen LogP) is 1.55. The zero-order chi connectivity index (χ0) is 15.0. The highest BCUT2D eigenvalue weighted by Crippen LogP contribution is 2.38. The first kappa shape index (κ1) is 14.3. The number of aliphatic hydroxyl groups is 2. The number of anilines is 2. The largest absolute Gasteiger partial charge is 0.396 e. The Morgan fingerprint density at radius 1 is 1.43 bits per heavy atom. The van der Waals surface area contributed by atoms with E-state index in [0.717, 1.165) is 25.8 Å². The molecule has 0 radical (unpaired) electrons. The van der Waals surface area contributed by atoms with E-state index in [1.807, 2.05) is 4.90 Å². The number of hydrogen-bond donors (Lipinski definition) is 3. The van der Waals surface area contributed by atoms with Gasteiger partial charge in [0.1, 0.15) is 5.82 Å². The fraction of sp³-hybridized carbons (Fsp3) is 0.533. The summed E-state index contributed by atoms with van der Waals surface area (Å²) in [7, 11) is 0. The van der Waals surface area contributed by atoms with E-state index < -0.39 is 17.8 Å². The zero-order valence-electron chi connectivity index (χ0n) is 11.7. The van der Waals surface area contributed by atoms with E-state index in [1.165, 1.54) is 6.07 Å². The van der Waals surface area contributed by atoms with Gasteiger partial charge in [0.2, 0.25) is 0 Å². The minimum absolute atomic E-state index is 0.138. The summed E-state index contributed by atoms with van der Waals surface area (Å²) in [4.78, 5) is 13.5. The second-order valence-electron chi connectivity index (χ2n) is 5.64. The number of amides is 1. The molecule has 0 spiro atoms. The molecular formula is C15H19FN2O3. The fourth-order valence-electron chi connectivity index (χ4n) is 3.25. The summed E-state index contributed by atoms with van der Waals surface area (Å²) in [6, 6.07) is 3.07. The lowest BCUT2D eigenvalue weighted by atomic mass is 10.1. The maximum atomic E-state index is 14.4. The Labute approximate surface area is 122 Å². The average Bonchev–Trinajstić information content (AvgIpc) is 3.03. The summed E-state index contributed by atoms with van der Waals surface area (Å²) < 4.78 is 14.4. The Bertz CT molecular complexity index is 564. The molecule has 1 aromatic rings. The third kappa shape index (κ3) is 2.49. The molecular weight excluding hydrogens is 275 g/mol. The molecule has 21 heavy (non-hydrogen) atoms. The molecule has 2 unspecified atom stereocenters. The molecule has 2 heterocycles. The summed E-state index contributed by atoms with van der Waals surface area (Å²) >= 11 is 0. The molecule has 3 N–H and O–H groups in total. The molecule has 2 atom stereocenters. The van der Waals surface area contributed by atoms with Gasteiger partial charge in [0, 0.05) is 30.4 Å². The van der Waals surface area contributed by atoms with Crippen LogP contribution in [0.25, 0.3) is 0 Å². The van der Waals surface area contributed by atoms with Crippen molar-refractivity contribution in [3.63, 3.8) is 0 Å². The van der Waals surface area contributed by atoms with Gasteiger partial charge in [-0.3, -0.25) is 4.79 Å². The van der Waals surface area contributed by atoms with Gasteiger partial charge in [-0.25, -0.2) is 4.39 Å². The minimum atomic E-state index is -1.28. The maximum Gasteiger partial charge on any atom is 0.257 e. The highest BCUT2D eigenvalue weighted by atomic mass is 19.1. The van der Waals surface area contributed by atoms with Crippen LogP contribution >= 0.6 is 0 Å².